The molecule has 0 unspecified atom stereocenters. The van der Waals surface area contributed by atoms with Crippen molar-refractivity contribution in [1.29, 1.82) is 0 Å². The highest BCUT2D eigenvalue weighted by Gasteiger charge is 2.40. The highest BCUT2D eigenvalue weighted by Crippen LogP contribution is 2.29. The number of ether oxygens (including phenoxy) is 3. The Kier molecular flexibility index (Phi) is 33.9. The van der Waals surface area contributed by atoms with Gasteiger partial charge in [-0.1, -0.05) is 54.6 Å². The van der Waals surface area contributed by atoms with Crippen molar-refractivity contribution in [3.05, 3.63) is 98.5 Å². The summed E-state index contributed by atoms with van der Waals surface area (Å²) in [7, 11) is 2.82. The Hall–Kier alpha value is -6.13. The number of benzene rings is 3. The number of carboxylic acid groups (broad SMARTS) is 1. The Morgan fingerprint density at radius 1 is 0.531 bits per heavy atom. The summed E-state index contributed by atoms with van der Waals surface area (Å²) in [5.74, 6) is -0.729. The molecule has 3 aromatic rings. The molecule has 0 aromatic heterocycles. The summed E-state index contributed by atoms with van der Waals surface area (Å²) < 4.78 is 13.6. The number of esters is 2. The molecule has 6 N–H and O–H groups in total. The van der Waals surface area contributed by atoms with E-state index >= 15 is 0 Å². The maximum atomic E-state index is 12.8. The molecule has 4 amide bonds. The molecule has 7 heterocycles. The minimum Gasteiger partial charge on any atom is -0.481 e. The van der Waals surface area contributed by atoms with Crippen LogP contribution in [0.3, 0.4) is 0 Å². The normalized spacial score (nSPS) is 20.3. The molecule has 3 aromatic carbocycles. The molecule has 13 rings (SSSR count). The first kappa shape index (κ1) is 78.9. The standard InChI is InChI=1S/C21H28ClN3O2.C15H25N3O3.C9H18N2.C7H4ClNO4.C6H6ClN.C5H9NO2.C4H7NO2.ClH/c22-18-7-5-16(6-8-18)13-20(26)17-14-25(15-17)21(27)24-10-2-9-23(11-12-24)19-3-1-4-19;1-21-14(19)12-10-18(11-12)15(20)17-7-3-6-16(8-9-17)13-4-2-5-13;1-3-9(4-1)11-7-2-5-10-6-8-11;8-7(10)13-6-3-1-5(2-4-6)9(11)12;7-5-1-3-6(8)4-2-5;1-8-5(7)4-2-6-3-4;6-4(7)3-1-5-2-3;/h5-8,17,19H,1-4,9-15H2;12-13H,2-11H2,1H3;9-10H,1-8H2;1-4H;1-4H,8H2;4,6H,2-3H2,1H3;3,5H,1-2H2,(H,6,7);1H. The number of amides is 4. The predicted octanol–water partition coefficient (Wildman–Crippen LogP) is 8.01. The SMILES string of the molecule is C1CC(N2CCCNCC2)C1.COC(=O)C1CN(C(=O)N2CCCN(C3CCC3)CC2)C1.COC(=O)C1CNC1.Cl.Nc1ccc(Cl)cc1.O=C(Cc1ccc(Cl)cc1)C1CN(C(=O)N2CCCN(C3CCC3)CC2)C1.O=C(Cl)Oc1ccc([N+](=O)[O-])cc1.O=C(O)C1CNC1. The molecule has 0 atom stereocenters. The van der Waals surface area contributed by atoms with Gasteiger partial charge in [0.2, 0.25) is 0 Å². The molecule has 0 radical (unpaired) electrons. The van der Waals surface area contributed by atoms with Crippen molar-refractivity contribution in [2.75, 3.05) is 151 Å². The second-order valence-electron chi connectivity index (χ2n) is 25.4. The molecule has 532 valence electrons. The number of halogens is 4. The zero-order valence-electron chi connectivity index (χ0n) is 55.3. The van der Waals surface area contributed by atoms with Gasteiger partial charge in [-0.3, -0.25) is 44.0 Å². The largest absolute Gasteiger partial charge is 0.481 e. The molecular formula is C67H98Cl4N12O13. The summed E-state index contributed by atoms with van der Waals surface area (Å²) in [5.41, 5.74) is 6.04. The quantitative estimate of drug-likeness (QED) is 0.0399. The van der Waals surface area contributed by atoms with Gasteiger partial charge in [0.05, 0.1) is 42.8 Å². The van der Waals surface area contributed by atoms with Crippen molar-refractivity contribution in [2.45, 2.75) is 102 Å². The number of nitro groups is 1. The number of hydrogen-bond donors (Lipinski definition) is 5. The second kappa shape index (κ2) is 41.3. The van der Waals surface area contributed by atoms with Gasteiger partial charge in [0.1, 0.15) is 11.5 Å². The van der Waals surface area contributed by atoms with Gasteiger partial charge in [-0.25, -0.2) is 14.4 Å². The molecule has 96 heavy (non-hydrogen) atoms. The van der Waals surface area contributed by atoms with Gasteiger partial charge in [0, 0.05) is 182 Å². The number of hydrogen-bond acceptors (Lipinski definition) is 19. The summed E-state index contributed by atoms with van der Waals surface area (Å²) in [5, 5.41) is 29.1. The van der Waals surface area contributed by atoms with Crippen molar-refractivity contribution in [3.63, 3.8) is 0 Å². The van der Waals surface area contributed by atoms with E-state index in [1.54, 1.807) is 29.2 Å². The third-order valence-electron chi connectivity index (χ3n) is 18.9. The van der Waals surface area contributed by atoms with E-state index in [2.05, 4.69) is 40.1 Å². The summed E-state index contributed by atoms with van der Waals surface area (Å²) in [6.45, 7) is 17.5. The summed E-state index contributed by atoms with van der Waals surface area (Å²) in [6, 6.07) is 22.1. The number of aliphatic carboxylic acids is 1. The molecule has 7 aliphatic heterocycles. The van der Waals surface area contributed by atoms with E-state index in [0.717, 1.165) is 113 Å². The highest BCUT2D eigenvalue weighted by molar-refractivity contribution is 6.61. The van der Waals surface area contributed by atoms with Crippen LogP contribution < -0.4 is 26.4 Å². The number of Topliss-reactive ketones (excluding diaryl/α,β-unsaturated/α-hetero) is 1. The number of non-ortho nitro benzene ring substituents is 1. The fraction of sp³-hybridized carbons (Fsp3) is 0.627. The Morgan fingerprint density at radius 2 is 0.969 bits per heavy atom. The molecule has 0 bridgehead atoms. The minimum atomic E-state index is -0.978. The summed E-state index contributed by atoms with van der Waals surface area (Å²) in [6.07, 6.45) is 16.2. The first-order valence-corrected chi connectivity index (χ1v) is 34.6. The number of likely N-dealkylation sites (tertiary alicyclic amines) is 2. The maximum absolute atomic E-state index is 12.8. The molecule has 29 heteroatoms. The van der Waals surface area contributed by atoms with E-state index in [-0.39, 0.29) is 77.3 Å². The van der Waals surface area contributed by atoms with Gasteiger partial charge in [-0.2, -0.15) is 0 Å². The Balaban J connectivity index is 0.000000188. The minimum absolute atomic E-state index is 0. The van der Waals surface area contributed by atoms with Crippen LogP contribution in [0, 0.1) is 33.8 Å². The number of rotatable bonds is 11. The number of nitrogens with two attached hydrogens (primary N) is 1. The predicted molar refractivity (Wildman–Crippen MR) is 371 cm³/mol. The van der Waals surface area contributed by atoms with Gasteiger partial charge < -0.3 is 60.6 Å². The number of nitro benzene ring substituents is 1. The molecule has 25 nitrogen and oxygen atoms in total. The fourth-order valence-electron chi connectivity index (χ4n) is 11.9. The molecule has 7 saturated heterocycles. The molecule has 0 spiro atoms. The van der Waals surface area contributed by atoms with Crippen molar-refractivity contribution in [3.8, 4) is 5.75 Å². The number of ketones is 1. The van der Waals surface area contributed by atoms with Gasteiger partial charge in [-0.15, -0.1) is 12.4 Å². The van der Waals surface area contributed by atoms with E-state index in [4.69, 9.17) is 50.4 Å². The van der Waals surface area contributed by atoms with E-state index < -0.39 is 16.3 Å². The van der Waals surface area contributed by atoms with Crippen LogP contribution in [0.1, 0.15) is 82.6 Å². The van der Waals surface area contributed by atoms with Gasteiger partial charge in [0.25, 0.3) is 5.69 Å². The van der Waals surface area contributed by atoms with Crippen LogP contribution in [0.5, 0.6) is 5.75 Å². The highest BCUT2D eigenvalue weighted by atomic mass is 35.5. The molecule has 3 saturated carbocycles. The van der Waals surface area contributed by atoms with Gasteiger partial charge >= 0.3 is 35.4 Å². The Bertz CT molecular complexity index is 2890. The molecule has 10 fully saturated rings. The van der Waals surface area contributed by atoms with Crippen LogP contribution in [0.2, 0.25) is 10.0 Å². The number of carbonyl (C=O) groups excluding carboxylic acids is 6. The Morgan fingerprint density at radius 3 is 1.34 bits per heavy atom. The molecule has 3 aliphatic carbocycles. The summed E-state index contributed by atoms with van der Waals surface area (Å²) in [4.78, 5) is 105. The monoisotopic (exact) mass is 1420 g/mol. The lowest BCUT2D eigenvalue weighted by atomic mass is 9.91. The first-order valence-electron chi connectivity index (χ1n) is 33.5. The first-order chi connectivity index (χ1) is 45.8. The third-order valence-corrected chi connectivity index (χ3v) is 19.5. The van der Waals surface area contributed by atoms with E-state index in [1.807, 2.05) is 39.0 Å². The van der Waals surface area contributed by atoms with Crippen molar-refractivity contribution >= 4 is 99.8 Å². The van der Waals surface area contributed by atoms with Crippen LogP contribution in [0.25, 0.3) is 0 Å². The lowest BCUT2D eigenvalue weighted by molar-refractivity contribution is -0.384. The fourth-order valence-corrected chi connectivity index (χ4v) is 12.2. The second-order valence-corrected chi connectivity index (χ2v) is 26.6. The number of urea groups is 2. The van der Waals surface area contributed by atoms with Crippen molar-refractivity contribution in [1.82, 2.24) is 50.2 Å². The number of nitrogens with zero attached hydrogens (tertiary/aromatic N) is 8. The van der Waals surface area contributed by atoms with Crippen molar-refractivity contribution < 1.29 is 57.8 Å². The van der Waals surface area contributed by atoms with Crippen LogP contribution in [-0.4, -0.2) is 249 Å². The number of methoxy groups -OCH3 is 2. The topological polar surface area (TPSA) is 295 Å². The van der Waals surface area contributed by atoms with Crippen molar-refractivity contribution in [2.24, 2.45) is 23.7 Å². The number of carboxylic acids is 1. The maximum Gasteiger partial charge on any atom is 0.409 e. The zero-order valence-corrected chi connectivity index (χ0v) is 58.4. The molecule has 10 aliphatic rings. The van der Waals surface area contributed by atoms with E-state index in [1.165, 1.54) is 129 Å². The van der Waals surface area contributed by atoms with Crippen LogP contribution in [-0.2, 0) is 35.1 Å². The van der Waals surface area contributed by atoms with Crippen LogP contribution in [0.15, 0.2) is 72.8 Å². The van der Waals surface area contributed by atoms with Crippen LogP contribution >= 0.6 is 47.2 Å². The third kappa shape index (κ3) is 25.6. The van der Waals surface area contributed by atoms with Gasteiger partial charge in [0.15, 0.2) is 0 Å². The lowest BCUT2D eigenvalue weighted by Gasteiger charge is -2.41. The lowest BCUT2D eigenvalue weighted by Crippen LogP contribution is -2.57. The van der Waals surface area contributed by atoms with Gasteiger partial charge in [-0.05, 0) is 125 Å². The number of carbonyl (C=O) groups is 7. The zero-order chi connectivity index (χ0) is 68.2. The van der Waals surface area contributed by atoms with E-state index in [0.29, 0.717) is 50.7 Å². The number of nitrogens with one attached hydrogen (secondary N) is 3. The average molecular weight is 1420 g/mol. The smallest absolute Gasteiger partial charge is 0.409 e. The summed E-state index contributed by atoms with van der Waals surface area (Å²) >= 11 is 16.4. The Labute approximate surface area is 585 Å². The number of anilines is 1. The van der Waals surface area contributed by atoms with E-state index in [9.17, 15) is 43.7 Å². The average Bonchev–Trinajstić information content (AvgIpc) is 1.07. The van der Waals surface area contributed by atoms with Crippen LogP contribution in [0.4, 0.5) is 25.8 Å². The number of nitrogen functional groups attached to an aromatic ring is 1. The molecular weight excluding hydrogens is 1320 g/mol.